The smallest absolute Gasteiger partial charge is 0.222 e. The van der Waals surface area contributed by atoms with Gasteiger partial charge in [0.2, 0.25) is 5.91 Å². The Labute approximate surface area is 126 Å². The highest BCUT2D eigenvalue weighted by atomic mass is 16.3. The van der Waals surface area contributed by atoms with Gasteiger partial charge in [0.15, 0.2) is 0 Å². The molecule has 2 heterocycles. The monoisotopic (exact) mass is 291 g/mol. The molecule has 0 unspecified atom stereocenters. The van der Waals surface area contributed by atoms with E-state index in [0.29, 0.717) is 19.4 Å². The van der Waals surface area contributed by atoms with Crippen LogP contribution in [0.4, 0.5) is 0 Å². The molecule has 1 amide bonds. The van der Waals surface area contributed by atoms with Crippen LogP contribution < -0.4 is 0 Å². The van der Waals surface area contributed by atoms with Crippen molar-refractivity contribution in [3.8, 4) is 0 Å². The highest BCUT2D eigenvalue weighted by molar-refractivity contribution is 5.75. The number of aliphatic hydroxyl groups is 1. The molecule has 0 spiro atoms. The largest absolute Gasteiger partial charge is 0.389 e. The Hall–Kier alpha value is -1.46. The van der Waals surface area contributed by atoms with E-state index in [2.05, 4.69) is 9.88 Å². The van der Waals surface area contributed by atoms with E-state index in [0.717, 1.165) is 31.6 Å². The molecule has 1 aliphatic heterocycles. The van der Waals surface area contributed by atoms with Crippen molar-refractivity contribution in [2.24, 2.45) is 0 Å². The van der Waals surface area contributed by atoms with Crippen LogP contribution in [0.2, 0.25) is 0 Å². The van der Waals surface area contributed by atoms with E-state index in [1.54, 1.807) is 25.2 Å². The van der Waals surface area contributed by atoms with Gasteiger partial charge in [0.05, 0.1) is 11.3 Å². The second-order valence-electron chi connectivity index (χ2n) is 6.15. The summed E-state index contributed by atoms with van der Waals surface area (Å²) in [5, 5.41) is 10.7. The van der Waals surface area contributed by atoms with Crippen LogP contribution in [0.25, 0.3) is 0 Å². The van der Waals surface area contributed by atoms with Gasteiger partial charge in [0.1, 0.15) is 0 Å². The molecule has 1 fully saturated rings. The second-order valence-corrected chi connectivity index (χ2v) is 6.15. The predicted molar refractivity (Wildman–Crippen MR) is 81.6 cm³/mol. The van der Waals surface area contributed by atoms with Crippen LogP contribution in [0.15, 0.2) is 24.4 Å². The summed E-state index contributed by atoms with van der Waals surface area (Å²) in [7, 11) is 3.50. The lowest BCUT2D eigenvalue weighted by molar-refractivity contribution is -0.130. The third-order valence-corrected chi connectivity index (χ3v) is 4.05. The topological polar surface area (TPSA) is 56.7 Å². The third kappa shape index (κ3) is 4.79. The van der Waals surface area contributed by atoms with E-state index in [4.69, 9.17) is 0 Å². The minimum absolute atomic E-state index is 0.0743. The van der Waals surface area contributed by atoms with E-state index in [1.807, 2.05) is 18.2 Å². The van der Waals surface area contributed by atoms with E-state index < -0.39 is 5.60 Å². The molecule has 1 aliphatic rings. The van der Waals surface area contributed by atoms with Crippen molar-refractivity contribution in [3.05, 3.63) is 30.1 Å². The van der Waals surface area contributed by atoms with Crippen molar-refractivity contribution in [3.63, 3.8) is 0 Å². The van der Waals surface area contributed by atoms with Crippen molar-refractivity contribution < 1.29 is 9.90 Å². The van der Waals surface area contributed by atoms with E-state index >= 15 is 0 Å². The highest BCUT2D eigenvalue weighted by Crippen LogP contribution is 2.26. The highest BCUT2D eigenvalue weighted by Gasteiger charge is 2.33. The molecule has 1 aromatic heterocycles. The Morgan fingerprint density at radius 1 is 1.48 bits per heavy atom. The number of rotatable bonds is 5. The quantitative estimate of drug-likeness (QED) is 0.888. The molecule has 0 aromatic carbocycles. The van der Waals surface area contributed by atoms with Crippen molar-refractivity contribution in [1.82, 2.24) is 14.8 Å². The third-order valence-electron chi connectivity index (χ3n) is 4.05. The zero-order chi connectivity index (χ0) is 15.3. The summed E-state index contributed by atoms with van der Waals surface area (Å²) < 4.78 is 0. The summed E-state index contributed by atoms with van der Waals surface area (Å²) in [6.45, 7) is 2.34. The number of carbonyl (C=O) groups is 1. The van der Waals surface area contributed by atoms with Crippen LogP contribution in [0.1, 0.15) is 31.4 Å². The molecule has 1 atom stereocenters. The predicted octanol–water partition coefficient (Wildman–Crippen LogP) is 1.28. The molecule has 116 valence electrons. The SMILES string of the molecule is CN(C)C(=O)CC[C@@]1(O)CCCN(Cc2ccccn2)C1. The van der Waals surface area contributed by atoms with Crippen LogP contribution in [0.5, 0.6) is 0 Å². The lowest BCUT2D eigenvalue weighted by Crippen LogP contribution is -2.48. The lowest BCUT2D eigenvalue weighted by Gasteiger charge is -2.39. The molecular weight excluding hydrogens is 266 g/mol. The Balaban J connectivity index is 1.88. The Morgan fingerprint density at radius 3 is 2.95 bits per heavy atom. The average Bonchev–Trinajstić information content (AvgIpc) is 2.46. The first kappa shape index (κ1) is 15.9. The van der Waals surface area contributed by atoms with Crippen molar-refractivity contribution >= 4 is 5.91 Å². The molecule has 0 saturated carbocycles. The molecule has 5 heteroatoms. The number of likely N-dealkylation sites (tertiary alicyclic amines) is 1. The van der Waals surface area contributed by atoms with E-state index in [9.17, 15) is 9.90 Å². The summed E-state index contributed by atoms with van der Waals surface area (Å²) in [6, 6.07) is 5.89. The maximum absolute atomic E-state index is 11.7. The van der Waals surface area contributed by atoms with Gasteiger partial charge >= 0.3 is 0 Å². The number of pyridine rings is 1. The van der Waals surface area contributed by atoms with Crippen LogP contribution in [-0.2, 0) is 11.3 Å². The number of hydrogen-bond acceptors (Lipinski definition) is 4. The van der Waals surface area contributed by atoms with Crippen molar-refractivity contribution in [2.75, 3.05) is 27.2 Å². The van der Waals surface area contributed by atoms with Crippen LogP contribution in [0.3, 0.4) is 0 Å². The molecular formula is C16H25N3O2. The van der Waals surface area contributed by atoms with Gasteiger partial charge < -0.3 is 10.0 Å². The number of β-amino-alcohol motifs (C(OH)–C–C–N with tert-alkyl or cyclic N) is 1. The standard InChI is InChI=1S/C16H25N3O2/c1-18(2)15(20)7-9-16(21)8-5-11-19(13-16)12-14-6-3-4-10-17-14/h3-4,6,10,21H,5,7-9,11-13H2,1-2H3/t16-/m0/s1. The Morgan fingerprint density at radius 2 is 2.29 bits per heavy atom. The van der Waals surface area contributed by atoms with Crippen LogP contribution >= 0.6 is 0 Å². The summed E-state index contributed by atoms with van der Waals surface area (Å²) in [5.74, 6) is 0.0743. The zero-order valence-electron chi connectivity index (χ0n) is 13.0. The van der Waals surface area contributed by atoms with Gasteiger partial charge in [-0.3, -0.25) is 14.7 Å². The number of amides is 1. The first-order valence-corrected chi connectivity index (χ1v) is 7.53. The Bertz CT molecular complexity index is 464. The van der Waals surface area contributed by atoms with Crippen molar-refractivity contribution in [1.29, 1.82) is 0 Å². The van der Waals surface area contributed by atoms with Gasteiger partial charge in [-0.25, -0.2) is 0 Å². The zero-order valence-corrected chi connectivity index (χ0v) is 13.0. The van der Waals surface area contributed by atoms with Crippen molar-refractivity contribution in [2.45, 2.75) is 37.8 Å². The molecule has 1 aromatic rings. The number of piperidine rings is 1. The molecule has 1 saturated heterocycles. The fraction of sp³-hybridized carbons (Fsp3) is 0.625. The molecule has 0 aliphatic carbocycles. The summed E-state index contributed by atoms with van der Waals surface area (Å²) >= 11 is 0. The second kappa shape index (κ2) is 7.00. The molecule has 1 N–H and O–H groups in total. The fourth-order valence-electron chi connectivity index (χ4n) is 2.83. The molecule has 0 radical (unpaired) electrons. The van der Waals surface area contributed by atoms with Gasteiger partial charge in [0, 0.05) is 39.8 Å². The number of aromatic nitrogens is 1. The van der Waals surface area contributed by atoms with E-state index in [-0.39, 0.29) is 5.91 Å². The van der Waals surface area contributed by atoms with E-state index in [1.165, 1.54) is 0 Å². The van der Waals surface area contributed by atoms with Gasteiger partial charge in [-0.2, -0.15) is 0 Å². The number of nitrogens with zero attached hydrogens (tertiary/aromatic N) is 3. The first-order valence-electron chi connectivity index (χ1n) is 7.53. The maximum Gasteiger partial charge on any atom is 0.222 e. The molecule has 2 rings (SSSR count). The minimum atomic E-state index is -0.751. The maximum atomic E-state index is 11.7. The average molecular weight is 291 g/mol. The number of hydrogen-bond donors (Lipinski definition) is 1. The number of carbonyl (C=O) groups excluding carboxylic acids is 1. The van der Waals surface area contributed by atoms with Gasteiger partial charge in [0.25, 0.3) is 0 Å². The summed E-state index contributed by atoms with van der Waals surface area (Å²) in [4.78, 5) is 19.8. The summed E-state index contributed by atoms with van der Waals surface area (Å²) in [5.41, 5.74) is 0.268. The molecule has 0 bridgehead atoms. The van der Waals surface area contributed by atoms with Gasteiger partial charge in [-0.1, -0.05) is 6.07 Å². The Kier molecular flexibility index (Phi) is 5.31. The normalized spacial score (nSPS) is 23.0. The van der Waals surface area contributed by atoms with Gasteiger partial charge in [-0.05, 0) is 37.9 Å². The molecule has 5 nitrogen and oxygen atoms in total. The van der Waals surface area contributed by atoms with Crippen LogP contribution in [0, 0.1) is 0 Å². The van der Waals surface area contributed by atoms with Crippen LogP contribution in [-0.4, -0.2) is 58.6 Å². The van der Waals surface area contributed by atoms with Gasteiger partial charge in [-0.15, -0.1) is 0 Å². The molecule has 21 heavy (non-hydrogen) atoms. The lowest BCUT2D eigenvalue weighted by atomic mass is 9.88. The summed E-state index contributed by atoms with van der Waals surface area (Å²) in [6.07, 6.45) is 4.46. The minimum Gasteiger partial charge on any atom is -0.389 e. The first-order chi connectivity index (χ1) is 9.98. The fourth-order valence-corrected chi connectivity index (χ4v) is 2.83.